The van der Waals surface area contributed by atoms with E-state index >= 15 is 0 Å². The molecule has 0 saturated heterocycles. The van der Waals surface area contributed by atoms with Crippen LogP contribution in [0.25, 0.3) is 0 Å². The first-order valence-corrected chi connectivity index (χ1v) is 14.7. The molecule has 192 valence electrons. The molecule has 5 rings (SSSR count). The fraction of sp³-hybridized carbons (Fsp3) is 0.727. The van der Waals surface area contributed by atoms with Crippen LogP contribution in [-0.4, -0.2) is 11.2 Å². The first kappa shape index (κ1) is 26.5. The van der Waals surface area contributed by atoms with Gasteiger partial charge in [-0.15, -0.1) is 0 Å². The summed E-state index contributed by atoms with van der Waals surface area (Å²) >= 11 is 0. The van der Waals surface area contributed by atoms with Crippen molar-refractivity contribution in [2.24, 2.45) is 40.4 Å². The highest BCUT2D eigenvalue weighted by Crippen LogP contribution is 2.67. The zero-order valence-electron chi connectivity index (χ0n) is 23.0. The van der Waals surface area contributed by atoms with Crippen molar-refractivity contribution < 1.29 is 5.11 Å². The van der Waals surface area contributed by atoms with Crippen LogP contribution in [0.15, 0.2) is 35.9 Å². The largest absolute Gasteiger partial charge is 0.393 e. The SMILES string of the molecule is CC.C[C@H](CCCc1cccc(C#N)c1)C1CCC2C3CC=C4CC(O)CCC4(C)C3CCC21C. The summed E-state index contributed by atoms with van der Waals surface area (Å²) in [4.78, 5) is 0. The van der Waals surface area contributed by atoms with Crippen molar-refractivity contribution in [3.63, 3.8) is 0 Å². The van der Waals surface area contributed by atoms with Crippen molar-refractivity contribution in [3.05, 3.63) is 47.0 Å². The van der Waals surface area contributed by atoms with Gasteiger partial charge in [0.1, 0.15) is 0 Å². The van der Waals surface area contributed by atoms with Gasteiger partial charge in [-0.25, -0.2) is 0 Å². The highest BCUT2D eigenvalue weighted by atomic mass is 16.3. The van der Waals surface area contributed by atoms with Crippen LogP contribution in [0, 0.1) is 51.8 Å². The van der Waals surface area contributed by atoms with Gasteiger partial charge >= 0.3 is 0 Å². The Morgan fingerprint density at radius 1 is 1.09 bits per heavy atom. The Kier molecular flexibility index (Phi) is 8.17. The molecule has 0 amide bonds. The van der Waals surface area contributed by atoms with Crippen LogP contribution in [0.3, 0.4) is 0 Å². The van der Waals surface area contributed by atoms with E-state index in [2.05, 4.69) is 45.0 Å². The normalized spacial score (nSPS) is 38.5. The van der Waals surface area contributed by atoms with Gasteiger partial charge in [-0.2, -0.15) is 5.26 Å². The van der Waals surface area contributed by atoms with Crippen molar-refractivity contribution in [1.82, 2.24) is 0 Å². The molecule has 0 aromatic heterocycles. The lowest BCUT2D eigenvalue weighted by molar-refractivity contribution is -0.0572. The highest BCUT2D eigenvalue weighted by molar-refractivity contribution is 5.32. The molecular weight excluding hydrogens is 426 g/mol. The summed E-state index contributed by atoms with van der Waals surface area (Å²) in [6.07, 6.45) is 16.1. The molecule has 4 aliphatic carbocycles. The lowest BCUT2D eigenvalue weighted by atomic mass is 9.47. The Morgan fingerprint density at radius 3 is 2.66 bits per heavy atom. The maximum atomic E-state index is 10.3. The second-order valence-electron chi connectivity index (χ2n) is 12.6. The van der Waals surface area contributed by atoms with E-state index in [-0.39, 0.29) is 6.10 Å². The molecule has 3 saturated carbocycles. The summed E-state index contributed by atoms with van der Waals surface area (Å²) in [7, 11) is 0. The number of rotatable bonds is 5. The number of nitrogens with zero attached hydrogens (tertiary/aromatic N) is 1. The Bertz CT molecular complexity index is 943. The average Bonchev–Trinajstić information content (AvgIpc) is 3.23. The summed E-state index contributed by atoms with van der Waals surface area (Å²) in [6, 6.07) is 10.4. The van der Waals surface area contributed by atoms with Gasteiger partial charge in [-0.1, -0.05) is 64.8 Å². The van der Waals surface area contributed by atoms with E-state index in [1.807, 2.05) is 26.0 Å². The van der Waals surface area contributed by atoms with E-state index in [1.54, 1.807) is 5.57 Å². The maximum Gasteiger partial charge on any atom is 0.0991 e. The van der Waals surface area contributed by atoms with Gasteiger partial charge in [0, 0.05) is 0 Å². The average molecular weight is 476 g/mol. The molecule has 0 spiro atoms. The Hall–Kier alpha value is -1.59. The summed E-state index contributed by atoms with van der Waals surface area (Å²) in [5.41, 5.74) is 4.55. The minimum absolute atomic E-state index is 0.103. The second-order valence-corrected chi connectivity index (χ2v) is 12.6. The third-order valence-electron chi connectivity index (χ3n) is 11.0. The number of aliphatic hydroxyl groups excluding tert-OH is 1. The number of hydrogen-bond acceptors (Lipinski definition) is 2. The van der Waals surface area contributed by atoms with Crippen molar-refractivity contribution in [1.29, 1.82) is 5.26 Å². The van der Waals surface area contributed by atoms with Crippen LogP contribution in [0.5, 0.6) is 0 Å². The van der Waals surface area contributed by atoms with Crippen molar-refractivity contribution in [2.45, 2.75) is 111 Å². The first-order valence-electron chi connectivity index (χ1n) is 14.7. The predicted octanol–water partition coefficient (Wildman–Crippen LogP) is 8.48. The molecule has 4 aliphatic rings. The van der Waals surface area contributed by atoms with E-state index < -0.39 is 0 Å². The van der Waals surface area contributed by atoms with Crippen molar-refractivity contribution >= 4 is 0 Å². The van der Waals surface area contributed by atoms with Crippen molar-refractivity contribution in [2.75, 3.05) is 0 Å². The third-order valence-corrected chi connectivity index (χ3v) is 11.0. The number of allylic oxidation sites excluding steroid dienone is 1. The zero-order chi connectivity index (χ0) is 25.2. The molecule has 1 N–H and O–H groups in total. The Labute approximate surface area is 215 Å². The summed E-state index contributed by atoms with van der Waals surface area (Å²) in [6.45, 7) is 11.7. The number of aryl methyl sites for hydroxylation is 1. The lowest BCUT2D eigenvalue weighted by Crippen LogP contribution is -2.50. The predicted molar refractivity (Wildman–Crippen MR) is 146 cm³/mol. The summed E-state index contributed by atoms with van der Waals surface area (Å²) in [5, 5.41) is 19.4. The monoisotopic (exact) mass is 475 g/mol. The minimum atomic E-state index is -0.103. The fourth-order valence-electron chi connectivity index (χ4n) is 9.24. The third kappa shape index (κ3) is 4.87. The van der Waals surface area contributed by atoms with Crippen molar-refractivity contribution in [3.8, 4) is 6.07 Å². The molecule has 1 aromatic carbocycles. The van der Waals surface area contributed by atoms with Gasteiger partial charge < -0.3 is 5.11 Å². The quantitative estimate of drug-likeness (QED) is 0.434. The molecule has 8 atom stereocenters. The van der Waals surface area contributed by atoms with Crippen LogP contribution in [0.2, 0.25) is 0 Å². The summed E-state index contributed by atoms with van der Waals surface area (Å²) < 4.78 is 0. The van der Waals surface area contributed by atoms with E-state index in [0.717, 1.165) is 54.4 Å². The van der Waals surface area contributed by atoms with Crippen LogP contribution in [-0.2, 0) is 6.42 Å². The first-order chi connectivity index (χ1) is 16.8. The molecule has 0 heterocycles. The van der Waals surface area contributed by atoms with E-state index in [0.29, 0.717) is 10.8 Å². The number of benzene rings is 1. The number of hydrogen-bond donors (Lipinski definition) is 1. The van der Waals surface area contributed by atoms with Gasteiger partial charge in [0.05, 0.1) is 17.7 Å². The fourth-order valence-corrected chi connectivity index (χ4v) is 9.24. The molecule has 1 aromatic rings. The number of nitriles is 1. The van der Waals surface area contributed by atoms with Gasteiger partial charge in [0.2, 0.25) is 0 Å². The molecule has 35 heavy (non-hydrogen) atoms. The Balaban J connectivity index is 0.00000141. The van der Waals surface area contributed by atoms with Crippen LogP contribution >= 0.6 is 0 Å². The van der Waals surface area contributed by atoms with Gasteiger partial charge in [-0.05, 0) is 122 Å². The van der Waals surface area contributed by atoms with Gasteiger partial charge in [0.15, 0.2) is 0 Å². The molecule has 0 radical (unpaired) electrons. The molecule has 2 nitrogen and oxygen atoms in total. The molecule has 3 fully saturated rings. The highest BCUT2D eigenvalue weighted by Gasteiger charge is 2.59. The van der Waals surface area contributed by atoms with E-state index in [9.17, 15) is 5.11 Å². The number of fused-ring (bicyclic) bond motifs is 5. The molecule has 0 bridgehead atoms. The minimum Gasteiger partial charge on any atom is -0.393 e. The topological polar surface area (TPSA) is 44.0 Å². The maximum absolute atomic E-state index is 10.3. The molecule has 0 aliphatic heterocycles. The molecular formula is C33H49NO. The zero-order valence-corrected chi connectivity index (χ0v) is 23.0. The van der Waals surface area contributed by atoms with E-state index in [4.69, 9.17) is 5.26 Å². The Morgan fingerprint density at radius 2 is 1.89 bits per heavy atom. The molecule has 7 unspecified atom stereocenters. The van der Waals surface area contributed by atoms with Crippen LogP contribution in [0.4, 0.5) is 0 Å². The van der Waals surface area contributed by atoms with Gasteiger partial charge in [0.25, 0.3) is 0 Å². The summed E-state index contributed by atoms with van der Waals surface area (Å²) in [5.74, 6) is 4.23. The van der Waals surface area contributed by atoms with Gasteiger partial charge in [-0.3, -0.25) is 0 Å². The standard InChI is InChI=1S/C31H43NO.C2H6/c1-21(6-4-7-22-8-5-9-23(18-22)20-32)27-12-13-28-26-11-10-24-19-25(33)14-16-30(24,2)29(26)15-17-31(27,28)3;1-2/h5,8-10,18,21,25-29,33H,4,6-7,11-17,19H2,1-3H3;1-2H3/t21-,25?,26?,27?,28?,29?,30?,31?;/m1./s1. The van der Waals surface area contributed by atoms with Crippen LogP contribution < -0.4 is 0 Å². The number of aliphatic hydroxyl groups is 1. The van der Waals surface area contributed by atoms with Crippen LogP contribution in [0.1, 0.15) is 110 Å². The molecule has 2 heteroatoms. The second kappa shape index (κ2) is 10.8. The lowest BCUT2D eigenvalue weighted by Gasteiger charge is -2.58. The van der Waals surface area contributed by atoms with E-state index in [1.165, 1.54) is 56.9 Å². The smallest absolute Gasteiger partial charge is 0.0991 e.